The Kier molecular flexibility index (Phi) is 8.49. The van der Waals surface area contributed by atoms with Crippen LogP contribution in [-0.4, -0.2) is 93.2 Å². The van der Waals surface area contributed by atoms with Crippen LogP contribution in [0.4, 0.5) is 5.69 Å². The smallest absolute Gasteiger partial charge is 0.258 e. The van der Waals surface area contributed by atoms with Crippen molar-refractivity contribution in [3.05, 3.63) is 77.0 Å². The molecular formula is C40H45N3O8. The standard InChI is InChI=1S/C40H45N3O8/c1-41-31-20-36(34(49-4)19-30(31)38(45)43-23-40(12-13-40)21-32(43)39(41)46)51-15-5-14-50-35-17-25-6-9-27-16-26(24-7-10-28(47-2)11-8-24)22-42(27)37(44)29(25)18-33(35)48-3/h7-8,10-11,17-20,22,27,32,39,46H,5-6,9,12-16,21,23H2,1-4H3/t27-,32+,39+/m1/s1. The van der Waals surface area contributed by atoms with Crippen molar-refractivity contribution in [3.8, 4) is 28.7 Å². The third-order valence-electron chi connectivity index (χ3n) is 11.4. The quantitative estimate of drug-likeness (QED) is 0.274. The summed E-state index contributed by atoms with van der Waals surface area (Å²) in [5, 5.41) is 11.3. The Labute approximate surface area is 298 Å². The van der Waals surface area contributed by atoms with Crippen molar-refractivity contribution in [3.63, 3.8) is 0 Å². The van der Waals surface area contributed by atoms with E-state index in [4.69, 9.17) is 23.7 Å². The van der Waals surface area contributed by atoms with E-state index >= 15 is 0 Å². The molecule has 11 heteroatoms. The van der Waals surface area contributed by atoms with Gasteiger partial charge in [0.1, 0.15) is 12.0 Å². The monoisotopic (exact) mass is 695 g/mol. The minimum absolute atomic E-state index is 0.0314. The second kappa shape index (κ2) is 13.0. The number of carbonyl (C=O) groups excluding carboxylic acids is 2. The van der Waals surface area contributed by atoms with Gasteiger partial charge in [-0.15, -0.1) is 0 Å². The number of methoxy groups -OCH3 is 3. The predicted octanol–water partition coefficient (Wildman–Crippen LogP) is 5.53. The van der Waals surface area contributed by atoms with Gasteiger partial charge in [0.05, 0.1) is 51.8 Å². The maximum Gasteiger partial charge on any atom is 0.258 e. The molecule has 2 fully saturated rings. The highest BCUT2D eigenvalue weighted by molar-refractivity contribution is 6.02. The van der Waals surface area contributed by atoms with Gasteiger partial charge < -0.3 is 43.5 Å². The first-order valence-electron chi connectivity index (χ1n) is 17.8. The number of aliphatic hydroxyl groups excluding tert-OH is 1. The molecule has 0 radical (unpaired) electrons. The fourth-order valence-corrected chi connectivity index (χ4v) is 8.27. The summed E-state index contributed by atoms with van der Waals surface area (Å²) in [5.74, 6) is 2.75. The van der Waals surface area contributed by atoms with E-state index in [1.165, 1.54) is 0 Å². The zero-order chi connectivity index (χ0) is 35.4. The number of anilines is 1. The maximum atomic E-state index is 13.8. The topological polar surface area (TPSA) is 110 Å². The number of ether oxygens (including phenoxy) is 5. The summed E-state index contributed by atoms with van der Waals surface area (Å²) < 4.78 is 29.0. The molecule has 3 atom stereocenters. The molecule has 1 aliphatic carbocycles. The lowest BCUT2D eigenvalue weighted by Gasteiger charge is -2.31. The van der Waals surface area contributed by atoms with E-state index in [0.29, 0.717) is 66.0 Å². The van der Waals surface area contributed by atoms with E-state index < -0.39 is 6.23 Å². The first-order chi connectivity index (χ1) is 24.7. The fraction of sp³-hybridized carbons (Fsp3) is 0.450. The zero-order valence-electron chi connectivity index (χ0n) is 29.6. The Balaban J connectivity index is 0.922. The summed E-state index contributed by atoms with van der Waals surface area (Å²) in [6.45, 7) is 1.38. The van der Waals surface area contributed by atoms with Gasteiger partial charge in [-0.3, -0.25) is 9.59 Å². The first-order valence-corrected chi connectivity index (χ1v) is 17.8. The molecule has 1 saturated heterocycles. The Morgan fingerprint density at radius 3 is 2.20 bits per heavy atom. The molecule has 1 saturated carbocycles. The lowest BCUT2D eigenvalue weighted by molar-refractivity contribution is 0.0526. The van der Waals surface area contributed by atoms with Crippen molar-refractivity contribution < 1.29 is 38.4 Å². The summed E-state index contributed by atoms with van der Waals surface area (Å²) >= 11 is 0. The normalized spacial score (nSPS) is 22.7. The molecule has 11 nitrogen and oxygen atoms in total. The molecule has 0 aromatic heterocycles. The van der Waals surface area contributed by atoms with Crippen LogP contribution >= 0.6 is 0 Å². The van der Waals surface area contributed by atoms with Gasteiger partial charge in [0.25, 0.3) is 11.8 Å². The van der Waals surface area contributed by atoms with Gasteiger partial charge in [0, 0.05) is 43.9 Å². The van der Waals surface area contributed by atoms with Crippen LogP contribution in [0.15, 0.2) is 54.7 Å². The Morgan fingerprint density at radius 1 is 0.843 bits per heavy atom. The van der Waals surface area contributed by atoms with Crippen LogP contribution in [0, 0.1) is 5.41 Å². The summed E-state index contributed by atoms with van der Waals surface area (Å²) in [6.07, 6.45) is 7.18. The van der Waals surface area contributed by atoms with Gasteiger partial charge in [-0.2, -0.15) is 0 Å². The van der Waals surface area contributed by atoms with Crippen LogP contribution in [0.2, 0.25) is 0 Å². The highest BCUT2D eigenvalue weighted by Crippen LogP contribution is 2.56. The Bertz CT molecular complexity index is 1890. The van der Waals surface area contributed by atoms with Crippen molar-refractivity contribution in [1.82, 2.24) is 9.80 Å². The van der Waals surface area contributed by atoms with E-state index in [0.717, 1.165) is 61.0 Å². The van der Waals surface area contributed by atoms with E-state index in [9.17, 15) is 14.7 Å². The van der Waals surface area contributed by atoms with Crippen LogP contribution in [0.1, 0.15) is 70.4 Å². The van der Waals surface area contributed by atoms with Gasteiger partial charge in [-0.1, -0.05) is 12.1 Å². The summed E-state index contributed by atoms with van der Waals surface area (Å²) in [5.41, 5.74) is 5.12. The SMILES string of the molecule is COc1ccc(C2=CN3C(=O)c4cc(OC)c(OCCCOc5cc6c(cc5OC)C(=O)N5CC7(CC7)C[C@H]5[C@H](O)N6C)cc4CC[C@@H]3C2)cc1. The predicted molar refractivity (Wildman–Crippen MR) is 191 cm³/mol. The van der Waals surface area contributed by atoms with Crippen LogP contribution in [0.3, 0.4) is 0 Å². The Hall–Kier alpha value is -4.90. The number of aliphatic hydroxyl groups is 1. The third kappa shape index (κ3) is 5.91. The number of fused-ring (bicyclic) bond motifs is 4. The number of benzene rings is 3. The van der Waals surface area contributed by atoms with Crippen molar-refractivity contribution in [1.29, 1.82) is 0 Å². The lowest BCUT2D eigenvalue weighted by atomic mass is 9.97. The number of aryl methyl sites for hydroxylation is 1. The first kappa shape index (κ1) is 33.3. The number of likely N-dealkylation sites (N-methyl/N-ethyl adjacent to an activating group) is 1. The molecule has 4 aliphatic heterocycles. The molecule has 2 amide bonds. The van der Waals surface area contributed by atoms with Crippen molar-refractivity contribution in [2.45, 2.75) is 63.3 Å². The van der Waals surface area contributed by atoms with Crippen LogP contribution in [0.5, 0.6) is 28.7 Å². The number of nitrogens with zero attached hydrogens (tertiary/aromatic N) is 3. The van der Waals surface area contributed by atoms with Gasteiger partial charge in [0.2, 0.25) is 0 Å². The maximum absolute atomic E-state index is 13.8. The zero-order valence-corrected chi connectivity index (χ0v) is 29.6. The van der Waals surface area contributed by atoms with Crippen LogP contribution < -0.4 is 28.6 Å². The van der Waals surface area contributed by atoms with Gasteiger partial charge in [0.15, 0.2) is 23.0 Å². The third-order valence-corrected chi connectivity index (χ3v) is 11.4. The minimum Gasteiger partial charge on any atom is -0.497 e. The summed E-state index contributed by atoms with van der Waals surface area (Å²) in [7, 11) is 6.62. The largest absolute Gasteiger partial charge is 0.497 e. The van der Waals surface area contributed by atoms with Gasteiger partial charge in [-0.25, -0.2) is 0 Å². The lowest BCUT2D eigenvalue weighted by Crippen LogP contribution is -2.47. The fourth-order valence-electron chi connectivity index (χ4n) is 8.27. The van der Waals surface area contributed by atoms with Gasteiger partial charge in [-0.05, 0) is 91.0 Å². The average molecular weight is 696 g/mol. The number of hydrogen-bond acceptors (Lipinski definition) is 9. The molecule has 268 valence electrons. The van der Waals surface area contributed by atoms with E-state index in [2.05, 4.69) is 0 Å². The number of hydrogen-bond donors (Lipinski definition) is 1. The molecule has 1 spiro atoms. The van der Waals surface area contributed by atoms with Crippen molar-refractivity contribution in [2.24, 2.45) is 5.41 Å². The van der Waals surface area contributed by atoms with Crippen molar-refractivity contribution >= 4 is 23.1 Å². The highest BCUT2D eigenvalue weighted by Gasteiger charge is 2.56. The molecule has 3 aromatic carbocycles. The number of amides is 2. The Morgan fingerprint density at radius 2 is 1.53 bits per heavy atom. The number of carbonyl (C=O) groups is 2. The second-order valence-electron chi connectivity index (χ2n) is 14.5. The van der Waals surface area contributed by atoms with E-state index in [1.54, 1.807) is 44.4 Å². The molecule has 1 N–H and O–H groups in total. The van der Waals surface area contributed by atoms with E-state index in [1.807, 2.05) is 53.4 Å². The molecule has 0 bridgehead atoms. The minimum atomic E-state index is -0.805. The molecular weight excluding hydrogens is 650 g/mol. The van der Waals surface area contributed by atoms with Gasteiger partial charge >= 0.3 is 0 Å². The van der Waals surface area contributed by atoms with Crippen LogP contribution in [-0.2, 0) is 6.42 Å². The molecule has 4 heterocycles. The average Bonchev–Trinajstić information content (AvgIpc) is 3.66. The number of rotatable bonds is 10. The molecule has 3 aromatic rings. The summed E-state index contributed by atoms with van der Waals surface area (Å²) in [6, 6.07) is 15.1. The van der Waals surface area contributed by atoms with Crippen molar-refractivity contribution in [2.75, 3.05) is 53.0 Å². The van der Waals surface area contributed by atoms with Crippen LogP contribution in [0.25, 0.3) is 5.57 Å². The molecule has 5 aliphatic rings. The highest BCUT2D eigenvalue weighted by atomic mass is 16.5. The van der Waals surface area contributed by atoms with E-state index in [-0.39, 0.29) is 29.3 Å². The molecule has 0 unspecified atom stereocenters. The second-order valence-corrected chi connectivity index (χ2v) is 14.5. The molecule has 51 heavy (non-hydrogen) atoms. The molecule has 8 rings (SSSR count). The summed E-state index contributed by atoms with van der Waals surface area (Å²) in [4.78, 5) is 33.0.